The summed E-state index contributed by atoms with van der Waals surface area (Å²) in [6, 6.07) is 12.3. The molecular formula is C14H10Br2N2S. The third-order valence-corrected chi connectivity index (χ3v) is 4.44. The second-order valence-electron chi connectivity index (χ2n) is 4.38. The summed E-state index contributed by atoms with van der Waals surface area (Å²) in [5.41, 5.74) is 4.34. The Morgan fingerprint density at radius 3 is 2.68 bits per heavy atom. The molecule has 0 bridgehead atoms. The quantitative estimate of drug-likeness (QED) is 0.536. The number of nitrogens with zero attached hydrogens (tertiary/aromatic N) is 1. The van der Waals surface area contributed by atoms with Crippen molar-refractivity contribution in [2.75, 3.05) is 0 Å². The molecule has 0 aliphatic rings. The lowest BCUT2D eigenvalue weighted by molar-refractivity contribution is 1.05. The van der Waals surface area contributed by atoms with Gasteiger partial charge in [-0.1, -0.05) is 22.0 Å². The van der Waals surface area contributed by atoms with E-state index in [-0.39, 0.29) is 0 Å². The monoisotopic (exact) mass is 396 g/mol. The van der Waals surface area contributed by atoms with Crippen molar-refractivity contribution in [2.24, 2.45) is 0 Å². The fourth-order valence-corrected chi connectivity index (χ4v) is 3.19. The van der Waals surface area contributed by atoms with Crippen LogP contribution >= 0.6 is 44.1 Å². The van der Waals surface area contributed by atoms with Crippen LogP contribution < -0.4 is 0 Å². The van der Waals surface area contributed by atoms with Gasteiger partial charge in [0.2, 0.25) is 0 Å². The zero-order valence-corrected chi connectivity index (χ0v) is 14.1. The molecule has 0 saturated heterocycles. The fraction of sp³-hybridized carbons (Fsp3) is 0.0714. The number of hydrogen-bond donors (Lipinski definition) is 1. The van der Waals surface area contributed by atoms with Crippen molar-refractivity contribution >= 4 is 55.1 Å². The number of aryl methyl sites for hydroxylation is 1. The molecule has 0 fully saturated rings. The molecule has 5 heteroatoms. The summed E-state index contributed by atoms with van der Waals surface area (Å²) in [4.78, 5) is 3.24. The summed E-state index contributed by atoms with van der Waals surface area (Å²) >= 11 is 12.6. The van der Waals surface area contributed by atoms with Gasteiger partial charge in [-0.25, -0.2) is 0 Å². The summed E-state index contributed by atoms with van der Waals surface area (Å²) in [6.07, 6.45) is 0. The summed E-state index contributed by atoms with van der Waals surface area (Å²) in [5, 5.41) is 0. The molecule has 0 radical (unpaired) electrons. The summed E-state index contributed by atoms with van der Waals surface area (Å²) in [5.74, 6) is 0. The van der Waals surface area contributed by atoms with E-state index in [1.807, 2.05) is 22.8 Å². The molecule has 0 saturated carbocycles. The van der Waals surface area contributed by atoms with Gasteiger partial charge in [0.25, 0.3) is 0 Å². The lowest BCUT2D eigenvalue weighted by Crippen LogP contribution is -1.96. The van der Waals surface area contributed by atoms with Gasteiger partial charge >= 0.3 is 0 Å². The number of rotatable bonds is 1. The first-order valence-electron chi connectivity index (χ1n) is 5.73. The predicted octanol–water partition coefficient (Wildman–Crippen LogP) is 5.52. The van der Waals surface area contributed by atoms with Crippen LogP contribution in [0.2, 0.25) is 0 Å². The van der Waals surface area contributed by atoms with Crippen molar-refractivity contribution in [1.82, 2.24) is 9.55 Å². The number of H-pyrrole nitrogens is 1. The average Bonchev–Trinajstić information content (AvgIpc) is 2.68. The minimum atomic E-state index is 0.694. The smallest absolute Gasteiger partial charge is 0.182 e. The lowest BCUT2D eigenvalue weighted by atomic mass is 10.2. The van der Waals surface area contributed by atoms with Crippen LogP contribution in [0.5, 0.6) is 0 Å². The van der Waals surface area contributed by atoms with Crippen molar-refractivity contribution in [3.05, 3.63) is 55.7 Å². The Labute approximate surface area is 132 Å². The molecule has 0 spiro atoms. The molecule has 0 aliphatic carbocycles. The van der Waals surface area contributed by atoms with E-state index in [2.05, 4.69) is 62.0 Å². The topological polar surface area (TPSA) is 20.7 Å². The van der Waals surface area contributed by atoms with Crippen LogP contribution in [0, 0.1) is 11.7 Å². The molecule has 1 heterocycles. The molecule has 0 atom stereocenters. The first-order chi connectivity index (χ1) is 9.06. The molecule has 2 aromatic carbocycles. The van der Waals surface area contributed by atoms with Crippen molar-refractivity contribution in [2.45, 2.75) is 6.92 Å². The SMILES string of the molecule is Cc1ccc(Br)c(-n2c(=S)[nH]c3ccc(Br)cc32)c1. The van der Waals surface area contributed by atoms with Gasteiger partial charge in [-0.05, 0) is 71.0 Å². The molecule has 0 unspecified atom stereocenters. The van der Waals surface area contributed by atoms with Crippen LogP contribution in [0.3, 0.4) is 0 Å². The van der Waals surface area contributed by atoms with Gasteiger partial charge in [-0.2, -0.15) is 0 Å². The Morgan fingerprint density at radius 1 is 1.11 bits per heavy atom. The van der Waals surface area contributed by atoms with Gasteiger partial charge < -0.3 is 4.98 Å². The number of imidazole rings is 1. The van der Waals surface area contributed by atoms with E-state index in [9.17, 15) is 0 Å². The molecule has 19 heavy (non-hydrogen) atoms. The normalized spacial score (nSPS) is 11.1. The largest absolute Gasteiger partial charge is 0.330 e. The van der Waals surface area contributed by atoms with Gasteiger partial charge in [0, 0.05) is 8.95 Å². The van der Waals surface area contributed by atoms with Crippen molar-refractivity contribution in [1.29, 1.82) is 0 Å². The molecular weight excluding hydrogens is 388 g/mol. The number of hydrogen-bond acceptors (Lipinski definition) is 1. The van der Waals surface area contributed by atoms with Crippen LogP contribution in [0.4, 0.5) is 0 Å². The highest BCUT2D eigenvalue weighted by Crippen LogP contribution is 2.28. The van der Waals surface area contributed by atoms with E-state index >= 15 is 0 Å². The molecule has 2 nitrogen and oxygen atoms in total. The molecule has 0 aliphatic heterocycles. The number of benzene rings is 2. The van der Waals surface area contributed by atoms with E-state index in [1.165, 1.54) is 5.56 Å². The first-order valence-corrected chi connectivity index (χ1v) is 7.72. The van der Waals surface area contributed by atoms with E-state index in [1.54, 1.807) is 0 Å². The number of aromatic amines is 1. The third-order valence-electron chi connectivity index (χ3n) is 2.99. The summed E-state index contributed by atoms with van der Waals surface area (Å²) in [7, 11) is 0. The van der Waals surface area contributed by atoms with E-state index < -0.39 is 0 Å². The predicted molar refractivity (Wildman–Crippen MR) is 88.6 cm³/mol. The molecule has 0 amide bonds. The second kappa shape index (κ2) is 4.89. The molecule has 3 aromatic rings. The Kier molecular flexibility index (Phi) is 3.37. The summed E-state index contributed by atoms with van der Waals surface area (Å²) in [6.45, 7) is 2.07. The zero-order valence-electron chi connectivity index (χ0n) is 10.1. The lowest BCUT2D eigenvalue weighted by Gasteiger charge is -2.08. The van der Waals surface area contributed by atoms with Crippen LogP contribution in [0.15, 0.2) is 45.3 Å². The molecule has 1 aromatic heterocycles. The maximum Gasteiger partial charge on any atom is 0.182 e. The maximum absolute atomic E-state index is 5.45. The van der Waals surface area contributed by atoms with Crippen LogP contribution in [0.1, 0.15) is 5.56 Å². The van der Waals surface area contributed by atoms with Crippen LogP contribution in [-0.4, -0.2) is 9.55 Å². The highest BCUT2D eigenvalue weighted by molar-refractivity contribution is 9.10. The average molecular weight is 398 g/mol. The third kappa shape index (κ3) is 2.30. The number of aromatic nitrogens is 2. The Hall–Kier alpha value is -0.910. The van der Waals surface area contributed by atoms with Gasteiger partial charge in [0.05, 0.1) is 16.7 Å². The first kappa shape index (κ1) is 13.1. The van der Waals surface area contributed by atoms with E-state index in [0.717, 1.165) is 25.7 Å². The standard InChI is InChI=1S/C14H10Br2N2S/c1-8-2-4-10(16)12(6-8)18-13-7-9(15)3-5-11(13)17-14(18)19/h2-7H,1H3,(H,17,19). The van der Waals surface area contributed by atoms with Gasteiger partial charge in [-0.3, -0.25) is 4.57 Å². The molecule has 96 valence electrons. The number of fused-ring (bicyclic) bond motifs is 1. The Bertz CT molecular complexity index is 833. The minimum absolute atomic E-state index is 0.694. The van der Waals surface area contributed by atoms with Crippen LogP contribution in [-0.2, 0) is 0 Å². The number of nitrogens with one attached hydrogen (secondary N) is 1. The maximum atomic E-state index is 5.45. The fourth-order valence-electron chi connectivity index (χ4n) is 2.11. The summed E-state index contributed by atoms with van der Waals surface area (Å²) < 4.78 is 4.80. The minimum Gasteiger partial charge on any atom is -0.330 e. The van der Waals surface area contributed by atoms with Crippen molar-refractivity contribution < 1.29 is 0 Å². The van der Waals surface area contributed by atoms with Gasteiger partial charge in [0.15, 0.2) is 4.77 Å². The van der Waals surface area contributed by atoms with Gasteiger partial charge in [-0.15, -0.1) is 0 Å². The molecule has 1 N–H and O–H groups in total. The van der Waals surface area contributed by atoms with E-state index in [4.69, 9.17) is 12.2 Å². The molecule has 3 rings (SSSR count). The van der Waals surface area contributed by atoms with Crippen molar-refractivity contribution in [3.63, 3.8) is 0 Å². The van der Waals surface area contributed by atoms with Crippen LogP contribution in [0.25, 0.3) is 16.7 Å². The second-order valence-corrected chi connectivity index (χ2v) is 6.54. The zero-order chi connectivity index (χ0) is 13.6. The number of halogens is 2. The highest BCUT2D eigenvalue weighted by Gasteiger charge is 2.10. The van der Waals surface area contributed by atoms with Gasteiger partial charge in [0.1, 0.15) is 0 Å². The Balaban J connectivity index is 2.42. The van der Waals surface area contributed by atoms with Crippen molar-refractivity contribution in [3.8, 4) is 5.69 Å². The van der Waals surface area contributed by atoms with E-state index in [0.29, 0.717) is 4.77 Å². The highest BCUT2D eigenvalue weighted by atomic mass is 79.9. The Morgan fingerprint density at radius 2 is 1.89 bits per heavy atom.